The first-order chi connectivity index (χ1) is 7.89. The topological polar surface area (TPSA) is 46.3 Å². The van der Waals surface area contributed by atoms with Crippen molar-refractivity contribution in [1.29, 1.82) is 0 Å². The summed E-state index contributed by atoms with van der Waals surface area (Å²) in [5, 5.41) is 0. The van der Waals surface area contributed by atoms with Crippen LogP contribution >= 0.6 is 12.2 Å². The van der Waals surface area contributed by atoms with E-state index in [1.165, 1.54) is 0 Å². The summed E-state index contributed by atoms with van der Waals surface area (Å²) in [5.41, 5.74) is 5.27. The van der Waals surface area contributed by atoms with E-state index < -0.39 is 5.41 Å². The molecule has 1 unspecified atom stereocenters. The first-order valence-electron chi connectivity index (χ1n) is 6.50. The van der Waals surface area contributed by atoms with Crippen molar-refractivity contribution in [2.24, 2.45) is 17.1 Å². The summed E-state index contributed by atoms with van der Waals surface area (Å²) in [6.07, 6.45) is 2.59. The van der Waals surface area contributed by atoms with Gasteiger partial charge in [-0.2, -0.15) is 0 Å². The van der Waals surface area contributed by atoms with Crippen LogP contribution in [-0.4, -0.2) is 28.4 Å². The molecule has 1 atom stereocenters. The lowest BCUT2D eigenvalue weighted by atomic mass is 9.61. The van der Waals surface area contributed by atoms with Crippen LogP contribution in [-0.2, 0) is 4.79 Å². The number of carbonyl (C=O) groups is 1. The van der Waals surface area contributed by atoms with Gasteiger partial charge < -0.3 is 10.6 Å². The fourth-order valence-corrected chi connectivity index (χ4v) is 3.02. The average Bonchev–Trinajstić information content (AvgIpc) is 2.24. The maximum Gasteiger partial charge on any atom is 0.235 e. The van der Waals surface area contributed by atoms with Gasteiger partial charge in [0.2, 0.25) is 5.91 Å². The van der Waals surface area contributed by atoms with Gasteiger partial charge in [0.1, 0.15) is 0 Å². The number of nitrogens with two attached hydrogens (primary N) is 1. The van der Waals surface area contributed by atoms with Crippen LogP contribution in [0.2, 0.25) is 0 Å². The molecule has 1 rings (SSSR count). The van der Waals surface area contributed by atoms with Gasteiger partial charge in [0.05, 0.1) is 10.4 Å². The Kier molecular flexibility index (Phi) is 4.53. The van der Waals surface area contributed by atoms with Gasteiger partial charge in [0.15, 0.2) is 0 Å². The quantitative estimate of drug-likeness (QED) is 0.768. The van der Waals surface area contributed by atoms with Crippen LogP contribution in [0.5, 0.6) is 0 Å². The van der Waals surface area contributed by atoms with Crippen molar-refractivity contribution in [1.82, 2.24) is 4.90 Å². The second-order valence-electron chi connectivity index (χ2n) is 5.31. The fourth-order valence-electron chi connectivity index (χ4n) is 2.76. The highest BCUT2D eigenvalue weighted by atomic mass is 32.1. The second kappa shape index (κ2) is 5.34. The van der Waals surface area contributed by atoms with Crippen molar-refractivity contribution in [2.45, 2.75) is 53.0 Å². The first kappa shape index (κ1) is 14.4. The summed E-state index contributed by atoms with van der Waals surface area (Å²) in [5.74, 6) is 0.691. The van der Waals surface area contributed by atoms with E-state index >= 15 is 0 Å². The molecule has 0 aliphatic heterocycles. The number of thiocarbonyl (C=S) groups is 1. The molecule has 1 fully saturated rings. The van der Waals surface area contributed by atoms with Crippen molar-refractivity contribution < 1.29 is 4.79 Å². The minimum absolute atomic E-state index is 0.139. The van der Waals surface area contributed by atoms with Gasteiger partial charge in [-0.3, -0.25) is 4.79 Å². The molecule has 98 valence electrons. The van der Waals surface area contributed by atoms with Gasteiger partial charge in [0.25, 0.3) is 0 Å². The Morgan fingerprint density at radius 2 is 2.06 bits per heavy atom. The smallest absolute Gasteiger partial charge is 0.235 e. The average molecular weight is 256 g/mol. The molecule has 0 spiro atoms. The number of nitrogens with zero attached hydrogens (tertiary/aromatic N) is 1. The molecule has 0 aromatic carbocycles. The van der Waals surface area contributed by atoms with Crippen molar-refractivity contribution in [3.8, 4) is 0 Å². The predicted molar refractivity (Wildman–Crippen MR) is 74.8 cm³/mol. The van der Waals surface area contributed by atoms with E-state index in [9.17, 15) is 4.79 Å². The number of amides is 1. The lowest BCUT2D eigenvalue weighted by Crippen LogP contribution is -2.58. The van der Waals surface area contributed by atoms with E-state index in [-0.39, 0.29) is 11.9 Å². The maximum absolute atomic E-state index is 12.6. The van der Waals surface area contributed by atoms with E-state index in [2.05, 4.69) is 20.8 Å². The van der Waals surface area contributed by atoms with Crippen LogP contribution in [0.25, 0.3) is 0 Å². The van der Waals surface area contributed by atoms with E-state index in [1.807, 2.05) is 11.8 Å². The Labute approximate surface area is 110 Å². The van der Waals surface area contributed by atoms with Crippen molar-refractivity contribution >= 4 is 23.1 Å². The standard InChI is InChI=1S/C13H24N2OS/c1-5-10(4)15(6-2)12(16)13(11(14)17)7-9(3)8-13/h9-10H,5-8H2,1-4H3,(H2,14,17). The SMILES string of the molecule is CCC(C)N(CC)C(=O)C1(C(N)=S)CC(C)C1. The number of rotatable bonds is 5. The summed E-state index contributed by atoms with van der Waals surface area (Å²) in [4.78, 5) is 14.9. The third kappa shape index (κ3) is 2.46. The molecular weight excluding hydrogens is 232 g/mol. The van der Waals surface area contributed by atoms with Gasteiger partial charge in [0, 0.05) is 12.6 Å². The highest BCUT2D eigenvalue weighted by molar-refractivity contribution is 7.80. The minimum atomic E-state index is -0.547. The number of carbonyl (C=O) groups excluding carboxylic acids is 1. The summed E-state index contributed by atoms with van der Waals surface area (Å²) in [6.45, 7) is 9.06. The second-order valence-corrected chi connectivity index (χ2v) is 5.75. The van der Waals surface area contributed by atoms with Gasteiger partial charge in [-0.25, -0.2) is 0 Å². The summed E-state index contributed by atoms with van der Waals surface area (Å²) in [7, 11) is 0. The van der Waals surface area contributed by atoms with E-state index in [0.29, 0.717) is 10.9 Å². The zero-order valence-corrected chi connectivity index (χ0v) is 12.1. The molecule has 17 heavy (non-hydrogen) atoms. The summed E-state index contributed by atoms with van der Waals surface area (Å²) in [6, 6.07) is 0.259. The van der Waals surface area contributed by atoms with Crippen LogP contribution in [0.1, 0.15) is 47.0 Å². The molecule has 1 amide bonds. The molecule has 1 aliphatic rings. The van der Waals surface area contributed by atoms with Crippen molar-refractivity contribution in [3.63, 3.8) is 0 Å². The Balaban J connectivity index is 2.89. The van der Waals surface area contributed by atoms with Crippen molar-refractivity contribution in [3.05, 3.63) is 0 Å². The normalized spacial score (nSPS) is 29.3. The zero-order chi connectivity index (χ0) is 13.2. The Morgan fingerprint density at radius 3 is 2.35 bits per heavy atom. The lowest BCUT2D eigenvalue weighted by molar-refractivity contribution is -0.146. The predicted octanol–water partition coefficient (Wildman–Crippen LogP) is 2.34. The van der Waals surface area contributed by atoms with Crippen LogP contribution < -0.4 is 5.73 Å². The maximum atomic E-state index is 12.6. The van der Waals surface area contributed by atoms with Crippen LogP contribution in [0, 0.1) is 11.3 Å². The molecular formula is C13H24N2OS. The van der Waals surface area contributed by atoms with Crippen LogP contribution in [0.15, 0.2) is 0 Å². The van der Waals surface area contributed by atoms with E-state index in [0.717, 1.165) is 25.8 Å². The summed E-state index contributed by atoms with van der Waals surface area (Å²) < 4.78 is 0. The Bertz CT molecular complexity index is 311. The Morgan fingerprint density at radius 1 is 1.53 bits per heavy atom. The van der Waals surface area contributed by atoms with Crippen molar-refractivity contribution in [2.75, 3.05) is 6.54 Å². The summed E-state index contributed by atoms with van der Waals surface area (Å²) >= 11 is 5.13. The number of hydrogen-bond acceptors (Lipinski definition) is 2. The third-order valence-corrected chi connectivity index (χ3v) is 4.39. The highest BCUT2D eigenvalue weighted by Gasteiger charge is 2.52. The highest BCUT2D eigenvalue weighted by Crippen LogP contribution is 2.47. The van der Waals surface area contributed by atoms with Gasteiger partial charge in [-0.1, -0.05) is 26.1 Å². The van der Waals surface area contributed by atoms with Crippen LogP contribution in [0.4, 0.5) is 0 Å². The molecule has 1 aliphatic carbocycles. The van der Waals surface area contributed by atoms with Crippen LogP contribution in [0.3, 0.4) is 0 Å². The fraction of sp³-hybridized carbons (Fsp3) is 0.846. The third-order valence-electron chi connectivity index (χ3n) is 4.00. The molecule has 3 nitrogen and oxygen atoms in total. The monoisotopic (exact) mass is 256 g/mol. The molecule has 0 aromatic heterocycles. The zero-order valence-electron chi connectivity index (χ0n) is 11.3. The molecule has 0 aromatic rings. The molecule has 2 N–H and O–H groups in total. The lowest BCUT2D eigenvalue weighted by Gasteiger charge is -2.47. The van der Waals surface area contributed by atoms with E-state index in [1.54, 1.807) is 0 Å². The van der Waals surface area contributed by atoms with Gasteiger partial charge in [-0.15, -0.1) is 0 Å². The molecule has 1 saturated carbocycles. The molecule has 4 heteroatoms. The van der Waals surface area contributed by atoms with Gasteiger partial charge >= 0.3 is 0 Å². The van der Waals surface area contributed by atoms with E-state index in [4.69, 9.17) is 18.0 Å². The molecule has 0 heterocycles. The first-order valence-corrected chi connectivity index (χ1v) is 6.90. The Hall–Kier alpha value is -0.640. The van der Waals surface area contributed by atoms with Gasteiger partial charge in [-0.05, 0) is 39.0 Å². The number of hydrogen-bond donors (Lipinski definition) is 1. The molecule has 0 bridgehead atoms. The molecule has 0 saturated heterocycles. The minimum Gasteiger partial charge on any atom is -0.392 e. The largest absolute Gasteiger partial charge is 0.392 e. The molecule has 0 radical (unpaired) electrons.